The number of nitrogens with one attached hydrogen (secondary N) is 1. The van der Waals surface area contributed by atoms with E-state index in [1.54, 1.807) is 0 Å². The van der Waals surface area contributed by atoms with E-state index in [2.05, 4.69) is 104 Å². The first-order valence-electron chi connectivity index (χ1n) is 15.1. The van der Waals surface area contributed by atoms with Crippen molar-refractivity contribution in [2.24, 2.45) is 15.4 Å². The van der Waals surface area contributed by atoms with E-state index in [4.69, 9.17) is 19.5 Å². The minimum atomic E-state index is 0.00682. The van der Waals surface area contributed by atoms with Crippen LogP contribution in [0.2, 0.25) is 0 Å². The van der Waals surface area contributed by atoms with Gasteiger partial charge in [-0.3, -0.25) is 0 Å². The van der Waals surface area contributed by atoms with Crippen LogP contribution in [0.1, 0.15) is 47.0 Å². The Kier molecular flexibility index (Phi) is 12.9. The van der Waals surface area contributed by atoms with Gasteiger partial charge in [-0.25, -0.2) is 9.98 Å². The maximum atomic E-state index is 5.45. The lowest BCUT2D eigenvalue weighted by molar-refractivity contribution is 0.122. The molecule has 0 radical (unpaired) electrons. The van der Waals surface area contributed by atoms with Gasteiger partial charge in [-0.05, 0) is 30.7 Å². The monoisotopic (exact) mass is 564 g/mol. The zero-order valence-electron chi connectivity index (χ0n) is 26.4. The summed E-state index contributed by atoms with van der Waals surface area (Å²) >= 11 is 0. The van der Waals surface area contributed by atoms with Crippen molar-refractivity contribution in [1.82, 2.24) is 10.2 Å². The first kappa shape index (κ1) is 32.4. The second-order valence-corrected chi connectivity index (χ2v) is 11.7. The number of nitrogens with zero attached hydrogens (tertiary/aromatic N) is 5. The van der Waals surface area contributed by atoms with Gasteiger partial charge in [0.2, 0.25) is 0 Å². The molecule has 8 nitrogen and oxygen atoms in total. The van der Waals surface area contributed by atoms with Crippen LogP contribution in [0.25, 0.3) is 0 Å². The largest absolute Gasteiger partial charge is 0.378 e. The molecule has 2 aliphatic heterocycles. The summed E-state index contributed by atoms with van der Waals surface area (Å²) in [6, 6.07) is 16.8. The van der Waals surface area contributed by atoms with E-state index in [1.807, 2.05) is 13.1 Å². The van der Waals surface area contributed by atoms with E-state index in [0.717, 1.165) is 82.1 Å². The van der Waals surface area contributed by atoms with Crippen molar-refractivity contribution in [3.8, 4) is 0 Å². The summed E-state index contributed by atoms with van der Waals surface area (Å²) in [5, 5.41) is 3.23. The van der Waals surface area contributed by atoms with E-state index >= 15 is 0 Å². The van der Waals surface area contributed by atoms with Crippen molar-refractivity contribution in [3.05, 3.63) is 48.5 Å². The number of ether oxygens (including phenoxy) is 2. The molecular weight excluding hydrogens is 512 g/mol. The van der Waals surface area contributed by atoms with Crippen molar-refractivity contribution in [2.45, 2.75) is 47.0 Å². The molecule has 0 atom stereocenters. The Morgan fingerprint density at radius 2 is 1.27 bits per heavy atom. The number of hydrogen-bond donors (Lipinski definition) is 1. The van der Waals surface area contributed by atoms with Crippen molar-refractivity contribution < 1.29 is 9.47 Å². The Morgan fingerprint density at radius 3 is 1.68 bits per heavy atom. The lowest BCUT2D eigenvalue weighted by Crippen LogP contribution is -2.36. The molecule has 2 saturated heterocycles. The molecule has 1 N–H and O–H groups in total. The van der Waals surface area contributed by atoms with Crippen LogP contribution in [0.3, 0.4) is 0 Å². The number of benzene rings is 2. The molecule has 4 rings (SSSR count). The van der Waals surface area contributed by atoms with Gasteiger partial charge >= 0.3 is 0 Å². The van der Waals surface area contributed by atoms with Crippen LogP contribution >= 0.6 is 0 Å². The third-order valence-corrected chi connectivity index (χ3v) is 7.17. The number of hydrogen-bond acceptors (Lipinski definition) is 6. The third kappa shape index (κ3) is 10.0. The molecule has 0 unspecified atom stereocenters. The highest BCUT2D eigenvalue weighted by Crippen LogP contribution is 2.31. The van der Waals surface area contributed by atoms with Gasteiger partial charge in [-0.15, -0.1) is 0 Å². The van der Waals surface area contributed by atoms with Gasteiger partial charge in [0.05, 0.1) is 49.2 Å². The van der Waals surface area contributed by atoms with Crippen molar-refractivity contribution in [2.75, 3.05) is 83.5 Å². The maximum Gasteiger partial charge on any atom is 0.107 e. The Bertz CT molecular complexity index is 1110. The lowest BCUT2D eigenvalue weighted by atomic mass is 9.95. The Balaban J connectivity index is 0.000000226. The summed E-state index contributed by atoms with van der Waals surface area (Å²) in [4.78, 5) is 16.6. The summed E-state index contributed by atoms with van der Waals surface area (Å²) < 4.78 is 10.9. The fourth-order valence-corrected chi connectivity index (χ4v) is 4.83. The quantitative estimate of drug-likeness (QED) is 0.323. The molecule has 8 heteroatoms. The average molecular weight is 565 g/mol. The molecule has 226 valence electrons. The normalized spacial score (nSPS) is 16.7. The highest BCUT2D eigenvalue weighted by Gasteiger charge is 2.20. The van der Waals surface area contributed by atoms with Crippen LogP contribution in [0.5, 0.6) is 0 Å². The SMILES string of the molecule is CCCCC(=Nc1ccccc1N1CCOCC1)N(C)C.CNC(=Nc1ccccc1N1CCOCC1)C(C)(C)C. The number of para-hydroxylation sites is 4. The van der Waals surface area contributed by atoms with Crippen LogP contribution < -0.4 is 15.1 Å². The molecule has 2 aliphatic rings. The first-order chi connectivity index (χ1) is 19.7. The van der Waals surface area contributed by atoms with Crippen LogP contribution in [-0.2, 0) is 9.47 Å². The van der Waals surface area contributed by atoms with Crippen LogP contribution in [0, 0.1) is 5.41 Å². The number of unbranched alkanes of at least 4 members (excludes halogenated alkanes) is 1. The molecule has 0 aromatic heterocycles. The van der Waals surface area contributed by atoms with E-state index in [9.17, 15) is 0 Å². The van der Waals surface area contributed by atoms with Gasteiger partial charge in [-0.2, -0.15) is 0 Å². The predicted octanol–water partition coefficient (Wildman–Crippen LogP) is 6.12. The van der Waals surface area contributed by atoms with Gasteiger partial charge < -0.3 is 29.5 Å². The van der Waals surface area contributed by atoms with E-state index < -0.39 is 0 Å². The fraction of sp³-hybridized carbons (Fsp3) is 0.576. The number of rotatable bonds is 7. The molecule has 2 fully saturated rings. The summed E-state index contributed by atoms with van der Waals surface area (Å²) in [5.41, 5.74) is 4.50. The van der Waals surface area contributed by atoms with Gasteiger partial charge in [0.25, 0.3) is 0 Å². The smallest absolute Gasteiger partial charge is 0.107 e. The third-order valence-electron chi connectivity index (χ3n) is 7.17. The zero-order chi connectivity index (χ0) is 29.7. The van der Waals surface area contributed by atoms with Crippen molar-refractivity contribution in [3.63, 3.8) is 0 Å². The zero-order valence-corrected chi connectivity index (χ0v) is 26.4. The Morgan fingerprint density at radius 1 is 0.805 bits per heavy atom. The minimum absolute atomic E-state index is 0.00682. The molecule has 0 saturated carbocycles. The summed E-state index contributed by atoms with van der Waals surface area (Å²) in [7, 11) is 6.08. The summed E-state index contributed by atoms with van der Waals surface area (Å²) in [5.74, 6) is 2.15. The van der Waals surface area contributed by atoms with E-state index in [0.29, 0.717) is 0 Å². The van der Waals surface area contributed by atoms with E-state index in [-0.39, 0.29) is 5.41 Å². The summed E-state index contributed by atoms with van der Waals surface area (Å²) in [6.45, 7) is 15.6. The number of morpholine rings is 2. The molecule has 0 bridgehead atoms. The highest BCUT2D eigenvalue weighted by molar-refractivity contribution is 5.90. The highest BCUT2D eigenvalue weighted by atomic mass is 16.5. The van der Waals surface area contributed by atoms with Crippen molar-refractivity contribution in [1.29, 1.82) is 0 Å². The predicted molar refractivity (Wildman–Crippen MR) is 175 cm³/mol. The van der Waals surface area contributed by atoms with Crippen LogP contribution in [-0.4, -0.2) is 90.3 Å². The van der Waals surface area contributed by atoms with Gasteiger partial charge in [0.15, 0.2) is 0 Å². The Hall–Kier alpha value is -3.10. The van der Waals surface area contributed by atoms with Crippen LogP contribution in [0.4, 0.5) is 22.7 Å². The molecule has 2 aromatic rings. The van der Waals surface area contributed by atoms with Gasteiger partial charge in [0, 0.05) is 59.2 Å². The second-order valence-electron chi connectivity index (χ2n) is 11.7. The maximum absolute atomic E-state index is 5.45. The van der Waals surface area contributed by atoms with Gasteiger partial charge in [-0.1, -0.05) is 58.4 Å². The molecular formula is C33H52N6O2. The lowest BCUT2D eigenvalue weighted by Gasteiger charge is -2.30. The van der Waals surface area contributed by atoms with Gasteiger partial charge in [0.1, 0.15) is 11.7 Å². The second kappa shape index (κ2) is 16.4. The standard InChI is InChI=1S/C17H27N3O.C16H25N3O/c1-4-5-10-17(19(2)3)18-15-8-6-7-9-16(15)20-11-13-21-14-12-20;1-16(2,3)15(17-4)18-13-7-5-6-8-14(13)19-9-11-20-12-10-19/h6-9H,4-5,10-14H2,1-3H3;5-8H,9-12H2,1-4H3,(H,17,18). The molecule has 2 heterocycles. The molecule has 0 amide bonds. The molecule has 2 aromatic carbocycles. The molecule has 41 heavy (non-hydrogen) atoms. The molecule has 0 spiro atoms. The van der Waals surface area contributed by atoms with E-state index in [1.165, 1.54) is 24.2 Å². The van der Waals surface area contributed by atoms with Crippen molar-refractivity contribution >= 4 is 34.4 Å². The van der Waals surface area contributed by atoms with Crippen LogP contribution in [0.15, 0.2) is 58.5 Å². The number of anilines is 2. The first-order valence-corrected chi connectivity index (χ1v) is 15.1. The minimum Gasteiger partial charge on any atom is -0.378 e. The average Bonchev–Trinajstić information content (AvgIpc) is 2.99. The number of aliphatic imine (C=N–C) groups is 2. The topological polar surface area (TPSA) is 64.9 Å². The fourth-order valence-electron chi connectivity index (χ4n) is 4.83. The molecule has 0 aliphatic carbocycles. The number of amidine groups is 2. The summed E-state index contributed by atoms with van der Waals surface area (Å²) in [6.07, 6.45) is 3.40. The Labute approximate surface area is 248 Å².